The van der Waals surface area contributed by atoms with E-state index in [0.717, 1.165) is 6.07 Å². The summed E-state index contributed by atoms with van der Waals surface area (Å²) in [7, 11) is 1.29. The normalized spacial score (nSPS) is 11.5. The maximum absolute atomic E-state index is 13.0. The lowest BCUT2D eigenvalue weighted by Gasteiger charge is -2.11. The number of nitrogens with zero attached hydrogens (tertiary/aromatic N) is 2. The zero-order chi connectivity index (χ0) is 27.1. The molecule has 3 aromatic rings. The van der Waals surface area contributed by atoms with Crippen molar-refractivity contribution in [1.82, 2.24) is 10.7 Å². The molecule has 0 unspecified atom stereocenters. The van der Waals surface area contributed by atoms with Crippen molar-refractivity contribution >= 4 is 45.2 Å². The first kappa shape index (κ1) is 26.9. The topological polar surface area (TPSA) is 163 Å². The Kier molecular flexibility index (Phi) is 8.59. The molecule has 0 heterocycles. The number of halogens is 1. The minimum Gasteiger partial charge on any atom is -0.507 e. The van der Waals surface area contributed by atoms with Crippen LogP contribution in [0, 0.1) is 10.1 Å². The van der Waals surface area contributed by atoms with Crippen LogP contribution in [0.4, 0.5) is 5.69 Å². The molecule has 0 fully saturated rings. The molecule has 0 saturated carbocycles. The predicted molar refractivity (Wildman–Crippen MR) is 139 cm³/mol. The van der Waals surface area contributed by atoms with Crippen LogP contribution in [0.25, 0.3) is 6.08 Å². The van der Waals surface area contributed by atoms with Crippen molar-refractivity contribution in [2.24, 2.45) is 5.10 Å². The Morgan fingerprint density at radius 2 is 1.78 bits per heavy atom. The van der Waals surface area contributed by atoms with Crippen LogP contribution in [0.2, 0.25) is 0 Å². The lowest BCUT2D eigenvalue weighted by Crippen LogP contribution is -2.33. The Morgan fingerprint density at radius 1 is 1.08 bits per heavy atom. The highest BCUT2D eigenvalue weighted by atomic mass is 79.9. The highest BCUT2D eigenvalue weighted by Crippen LogP contribution is 2.31. The molecule has 0 bridgehead atoms. The minimum absolute atomic E-state index is 0.0292. The third-order valence-electron chi connectivity index (χ3n) is 5.02. The van der Waals surface area contributed by atoms with Crippen LogP contribution in [0.5, 0.6) is 17.2 Å². The number of nitro benzene ring substituents is 1. The first-order valence-electron chi connectivity index (χ1n) is 10.6. The molecular weight excluding hydrogens is 548 g/mol. The van der Waals surface area contributed by atoms with Crippen LogP contribution in [0.15, 0.2) is 75.9 Å². The van der Waals surface area contributed by atoms with Gasteiger partial charge in [-0.25, -0.2) is 5.43 Å². The van der Waals surface area contributed by atoms with E-state index in [1.54, 1.807) is 30.3 Å². The standard InChI is InChI=1S/C25H21BrN4O7/c1-14(17-12-18(26)22(32)13-21(17)31)28-29-25(34)19(27-24(33)16-6-4-3-5-7-16)10-15-8-9-23(37-2)20(11-15)30(35)36/h3-13,31-32H,1-2H3,(H,27,33)(H,29,34)/b19-10-,28-14+. The van der Waals surface area contributed by atoms with Crippen molar-refractivity contribution in [1.29, 1.82) is 0 Å². The molecular formula is C25H21BrN4O7. The first-order valence-corrected chi connectivity index (χ1v) is 11.4. The van der Waals surface area contributed by atoms with Gasteiger partial charge in [-0.3, -0.25) is 19.7 Å². The van der Waals surface area contributed by atoms with E-state index in [9.17, 15) is 29.9 Å². The number of ether oxygens (including phenoxy) is 1. The van der Waals surface area contributed by atoms with Gasteiger partial charge in [0.15, 0.2) is 5.75 Å². The number of carbonyl (C=O) groups excluding carboxylic acids is 2. The Morgan fingerprint density at radius 3 is 2.43 bits per heavy atom. The number of amides is 2. The molecule has 0 radical (unpaired) electrons. The van der Waals surface area contributed by atoms with Gasteiger partial charge in [-0.1, -0.05) is 24.3 Å². The van der Waals surface area contributed by atoms with E-state index in [2.05, 4.69) is 31.8 Å². The second-order valence-electron chi connectivity index (χ2n) is 7.53. The van der Waals surface area contributed by atoms with E-state index in [0.29, 0.717) is 4.47 Å². The molecule has 0 aliphatic carbocycles. The van der Waals surface area contributed by atoms with E-state index in [4.69, 9.17) is 4.74 Å². The summed E-state index contributed by atoms with van der Waals surface area (Å²) >= 11 is 3.15. The van der Waals surface area contributed by atoms with Gasteiger partial charge < -0.3 is 20.3 Å². The molecule has 37 heavy (non-hydrogen) atoms. The number of benzene rings is 3. The number of nitro groups is 1. The molecule has 0 saturated heterocycles. The summed E-state index contributed by atoms with van der Waals surface area (Å²) in [4.78, 5) is 36.5. The van der Waals surface area contributed by atoms with E-state index >= 15 is 0 Å². The number of phenols is 2. The minimum atomic E-state index is -0.834. The smallest absolute Gasteiger partial charge is 0.311 e. The second-order valence-corrected chi connectivity index (χ2v) is 8.38. The van der Waals surface area contributed by atoms with Crippen LogP contribution >= 0.6 is 15.9 Å². The summed E-state index contributed by atoms with van der Waals surface area (Å²) in [6, 6.07) is 14.7. The molecule has 3 aromatic carbocycles. The molecule has 12 heteroatoms. The number of methoxy groups -OCH3 is 1. The Balaban J connectivity index is 1.96. The van der Waals surface area contributed by atoms with Gasteiger partial charge >= 0.3 is 5.69 Å². The van der Waals surface area contributed by atoms with Crippen LogP contribution < -0.4 is 15.5 Å². The quantitative estimate of drug-likeness (QED) is 0.137. The first-order chi connectivity index (χ1) is 17.6. The third kappa shape index (κ3) is 6.70. The summed E-state index contributed by atoms with van der Waals surface area (Å²) in [6.07, 6.45) is 1.25. The monoisotopic (exact) mass is 568 g/mol. The van der Waals surface area contributed by atoms with Crippen molar-refractivity contribution in [3.05, 3.63) is 97.6 Å². The van der Waals surface area contributed by atoms with E-state index in [1.165, 1.54) is 44.4 Å². The average Bonchev–Trinajstić information content (AvgIpc) is 2.89. The van der Waals surface area contributed by atoms with E-state index in [-0.39, 0.29) is 51.0 Å². The number of phenolic OH excluding ortho intramolecular Hbond substituents is 2. The number of hydrogen-bond donors (Lipinski definition) is 4. The fourth-order valence-corrected chi connectivity index (χ4v) is 3.49. The number of hydrogen-bond acceptors (Lipinski definition) is 8. The summed E-state index contributed by atoms with van der Waals surface area (Å²) < 4.78 is 5.30. The fraction of sp³-hybridized carbons (Fsp3) is 0.0800. The van der Waals surface area contributed by atoms with E-state index in [1.807, 2.05) is 0 Å². The van der Waals surface area contributed by atoms with Crippen molar-refractivity contribution in [2.45, 2.75) is 6.92 Å². The number of hydrazone groups is 1. The van der Waals surface area contributed by atoms with E-state index < -0.39 is 16.7 Å². The van der Waals surface area contributed by atoms with Gasteiger partial charge in [-0.15, -0.1) is 0 Å². The summed E-state index contributed by atoms with van der Waals surface area (Å²) in [6.45, 7) is 1.51. The Hall–Kier alpha value is -4.71. The molecule has 190 valence electrons. The second kappa shape index (κ2) is 11.8. The molecule has 3 rings (SSSR count). The summed E-state index contributed by atoms with van der Waals surface area (Å²) in [5, 5.41) is 37.7. The van der Waals surface area contributed by atoms with Crippen LogP contribution in [-0.4, -0.2) is 39.8 Å². The van der Waals surface area contributed by atoms with Crippen LogP contribution in [-0.2, 0) is 4.79 Å². The lowest BCUT2D eigenvalue weighted by molar-refractivity contribution is -0.385. The summed E-state index contributed by atoms with van der Waals surface area (Å²) in [5.41, 5.74) is 2.67. The van der Waals surface area contributed by atoms with Crippen molar-refractivity contribution in [2.75, 3.05) is 7.11 Å². The molecule has 0 aliphatic heterocycles. The van der Waals surface area contributed by atoms with Crippen molar-refractivity contribution in [3.63, 3.8) is 0 Å². The molecule has 11 nitrogen and oxygen atoms in total. The highest BCUT2D eigenvalue weighted by molar-refractivity contribution is 9.10. The molecule has 0 aromatic heterocycles. The van der Waals surface area contributed by atoms with Gasteiger partial charge in [0.05, 0.1) is 22.2 Å². The Labute approximate surface area is 219 Å². The maximum Gasteiger partial charge on any atom is 0.311 e. The van der Waals surface area contributed by atoms with Gasteiger partial charge in [-0.2, -0.15) is 5.10 Å². The predicted octanol–water partition coefficient (Wildman–Crippen LogP) is 4.09. The maximum atomic E-state index is 13.0. The van der Waals surface area contributed by atoms with Gasteiger partial charge in [0.25, 0.3) is 11.8 Å². The SMILES string of the molecule is COc1ccc(/C=C(\NC(=O)c2ccccc2)C(=O)N/N=C(\C)c2cc(Br)c(O)cc2O)cc1[N+](=O)[O-]. The number of rotatable bonds is 8. The van der Waals surface area contributed by atoms with Crippen LogP contribution in [0.1, 0.15) is 28.4 Å². The van der Waals surface area contributed by atoms with Gasteiger partial charge in [0.2, 0.25) is 0 Å². The highest BCUT2D eigenvalue weighted by Gasteiger charge is 2.18. The lowest BCUT2D eigenvalue weighted by atomic mass is 10.1. The van der Waals surface area contributed by atoms with Gasteiger partial charge in [0.1, 0.15) is 17.2 Å². The van der Waals surface area contributed by atoms with Crippen LogP contribution in [0.3, 0.4) is 0 Å². The Bertz CT molecular complexity index is 1420. The number of aromatic hydroxyl groups is 2. The van der Waals surface area contributed by atoms with Crippen molar-refractivity contribution < 1.29 is 29.5 Å². The summed E-state index contributed by atoms with van der Waals surface area (Å²) in [5.74, 6) is -1.85. The third-order valence-corrected chi connectivity index (χ3v) is 5.65. The zero-order valence-corrected chi connectivity index (χ0v) is 21.1. The molecule has 0 aliphatic rings. The zero-order valence-electron chi connectivity index (χ0n) is 19.6. The van der Waals surface area contributed by atoms with Gasteiger partial charge in [0, 0.05) is 23.3 Å². The van der Waals surface area contributed by atoms with Crippen molar-refractivity contribution in [3.8, 4) is 17.2 Å². The average molecular weight is 569 g/mol. The molecule has 4 N–H and O–H groups in total. The number of nitrogens with one attached hydrogen (secondary N) is 2. The largest absolute Gasteiger partial charge is 0.507 e. The molecule has 0 spiro atoms. The molecule has 0 atom stereocenters. The molecule has 2 amide bonds. The fourth-order valence-electron chi connectivity index (χ4n) is 3.14. The van der Waals surface area contributed by atoms with Gasteiger partial charge in [-0.05, 0) is 58.8 Å². The number of carbonyl (C=O) groups is 2.